The highest BCUT2D eigenvalue weighted by Gasteiger charge is 2.16. The first kappa shape index (κ1) is 18.8. The van der Waals surface area contributed by atoms with Gasteiger partial charge >= 0.3 is 0 Å². The monoisotopic (exact) mass is 380 g/mol. The van der Waals surface area contributed by atoms with Crippen molar-refractivity contribution in [3.05, 3.63) is 59.2 Å². The maximum atomic E-state index is 13.1. The number of halogens is 1. The average Bonchev–Trinajstić information content (AvgIpc) is 3.01. The molecule has 0 unspecified atom stereocenters. The summed E-state index contributed by atoms with van der Waals surface area (Å²) in [4.78, 5) is 11.0. The van der Waals surface area contributed by atoms with E-state index in [4.69, 9.17) is 11.5 Å². The van der Waals surface area contributed by atoms with Crippen LogP contribution in [-0.4, -0.2) is 32.4 Å². The highest BCUT2D eigenvalue weighted by Crippen LogP contribution is 2.21. The summed E-state index contributed by atoms with van der Waals surface area (Å²) in [6, 6.07) is 10.8. The predicted octanol–water partition coefficient (Wildman–Crippen LogP) is 1.40. The number of nitriles is 1. The van der Waals surface area contributed by atoms with E-state index in [0.29, 0.717) is 42.1 Å². The van der Waals surface area contributed by atoms with Gasteiger partial charge in [-0.1, -0.05) is 0 Å². The van der Waals surface area contributed by atoms with Crippen LogP contribution >= 0.6 is 0 Å². The standard InChI is InChI=1S/C18H17FN8O/c19-11-3-5-12(6-4-11)27-17(21)13(10-20)14(26-27)2-1-9-23-16-8-7-15(18(22)28)24-25-16/h3-8H,1-2,9,21H2,(H2,22,28)(H,23,25). The molecular weight excluding hydrogens is 363 g/mol. The summed E-state index contributed by atoms with van der Waals surface area (Å²) < 4.78 is 14.5. The summed E-state index contributed by atoms with van der Waals surface area (Å²) in [6.07, 6.45) is 1.15. The lowest BCUT2D eigenvalue weighted by atomic mass is 10.1. The molecule has 0 aliphatic heterocycles. The zero-order valence-corrected chi connectivity index (χ0v) is 14.8. The Morgan fingerprint density at radius 1 is 1.21 bits per heavy atom. The number of carbonyl (C=O) groups is 1. The van der Waals surface area contributed by atoms with E-state index in [9.17, 15) is 14.4 Å². The fourth-order valence-corrected chi connectivity index (χ4v) is 2.58. The lowest BCUT2D eigenvalue weighted by Gasteiger charge is -2.04. The smallest absolute Gasteiger partial charge is 0.269 e. The average molecular weight is 380 g/mol. The molecule has 0 atom stereocenters. The molecule has 9 nitrogen and oxygen atoms in total. The maximum Gasteiger partial charge on any atom is 0.269 e. The Morgan fingerprint density at radius 3 is 2.57 bits per heavy atom. The number of anilines is 2. The molecule has 2 heterocycles. The van der Waals surface area contributed by atoms with Crippen molar-refractivity contribution in [2.24, 2.45) is 5.73 Å². The Kier molecular flexibility index (Phi) is 5.45. The first-order valence-corrected chi connectivity index (χ1v) is 8.40. The minimum Gasteiger partial charge on any atom is -0.382 e. The van der Waals surface area contributed by atoms with Crippen LogP contribution in [0.1, 0.15) is 28.2 Å². The van der Waals surface area contributed by atoms with Gasteiger partial charge in [0.05, 0.1) is 11.4 Å². The van der Waals surface area contributed by atoms with E-state index in [1.165, 1.54) is 22.9 Å². The SMILES string of the molecule is N#Cc1c(CCCNc2ccc(C(N)=O)nn2)nn(-c2ccc(F)cc2)c1N. The van der Waals surface area contributed by atoms with Crippen molar-refractivity contribution in [1.29, 1.82) is 5.26 Å². The minimum atomic E-state index is -0.641. The summed E-state index contributed by atoms with van der Waals surface area (Å²) in [6.45, 7) is 0.540. The number of nitrogen functional groups attached to an aromatic ring is 1. The largest absolute Gasteiger partial charge is 0.382 e. The lowest BCUT2D eigenvalue weighted by molar-refractivity contribution is 0.0994. The van der Waals surface area contributed by atoms with Gasteiger partial charge in [-0.3, -0.25) is 4.79 Å². The van der Waals surface area contributed by atoms with E-state index in [1.54, 1.807) is 18.2 Å². The Bertz CT molecular complexity index is 1020. The van der Waals surface area contributed by atoms with Gasteiger partial charge in [-0.05, 0) is 49.2 Å². The maximum absolute atomic E-state index is 13.1. The van der Waals surface area contributed by atoms with Crippen molar-refractivity contribution in [3.8, 4) is 11.8 Å². The molecule has 0 aliphatic carbocycles. The number of aryl methyl sites for hydroxylation is 1. The van der Waals surface area contributed by atoms with Gasteiger partial charge in [0.1, 0.15) is 29.1 Å². The first-order valence-electron chi connectivity index (χ1n) is 8.40. The molecule has 0 saturated heterocycles. The molecule has 3 rings (SSSR count). The molecule has 0 aliphatic rings. The molecule has 0 radical (unpaired) electrons. The molecule has 1 amide bonds. The van der Waals surface area contributed by atoms with E-state index in [-0.39, 0.29) is 17.3 Å². The van der Waals surface area contributed by atoms with Crippen molar-refractivity contribution >= 4 is 17.5 Å². The van der Waals surface area contributed by atoms with Gasteiger partial charge < -0.3 is 16.8 Å². The van der Waals surface area contributed by atoms with Crippen LogP contribution in [0.2, 0.25) is 0 Å². The Labute approximate surface area is 159 Å². The van der Waals surface area contributed by atoms with Gasteiger partial charge in [0.25, 0.3) is 5.91 Å². The number of benzene rings is 1. The number of hydrogen-bond acceptors (Lipinski definition) is 7. The summed E-state index contributed by atoms with van der Waals surface area (Å²) in [7, 11) is 0. The second-order valence-electron chi connectivity index (χ2n) is 5.91. The van der Waals surface area contributed by atoms with E-state index in [1.807, 2.05) is 0 Å². The Morgan fingerprint density at radius 2 is 1.96 bits per heavy atom. The molecule has 0 spiro atoms. The van der Waals surface area contributed by atoms with Crippen LogP contribution in [0.3, 0.4) is 0 Å². The van der Waals surface area contributed by atoms with Crippen molar-refractivity contribution < 1.29 is 9.18 Å². The molecule has 1 aromatic carbocycles. The quantitative estimate of drug-likeness (QED) is 0.524. The summed E-state index contributed by atoms with van der Waals surface area (Å²) >= 11 is 0. The van der Waals surface area contributed by atoms with Crippen LogP contribution < -0.4 is 16.8 Å². The molecule has 10 heteroatoms. The van der Waals surface area contributed by atoms with Gasteiger partial charge in [0, 0.05) is 6.54 Å². The third-order valence-electron chi connectivity index (χ3n) is 3.99. The first-order chi connectivity index (χ1) is 13.5. The molecule has 0 saturated carbocycles. The zero-order valence-electron chi connectivity index (χ0n) is 14.8. The lowest BCUT2D eigenvalue weighted by Crippen LogP contribution is -2.14. The Balaban J connectivity index is 1.64. The molecule has 0 bridgehead atoms. The highest BCUT2D eigenvalue weighted by atomic mass is 19.1. The van der Waals surface area contributed by atoms with E-state index < -0.39 is 5.91 Å². The summed E-state index contributed by atoms with van der Waals surface area (Å²) in [5.74, 6) is -0.294. The number of rotatable bonds is 7. The number of amides is 1. The van der Waals surface area contributed by atoms with Crippen LogP contribution in [0.5, 0.6) is 0 Å². The van der Waals surface area contributed by atoms with Gasteiger partial charge in [-0.15, -0.1) is 10.2 Å². The number of carbonyl (C=O) groups excluding carboxylic acids is 1. The zero-order chi connectivity index (χ0) is 20.1. The van der Waals surface area contributed by atoms with Crippen molar-refractivity contribution in [2.75, 3.05) is 17.6 Å². The molecule has 0 fully saturated rings. The minimum absolute atomic E-state index is 0.0889. The number of aromatic nitrogens is 4. The van der Waals surface area contributed by atoms with Gasteiger partial charge in [-0.25, -0.2) is 9.07 Å². The van der Waals surface area contributed by atoms with Gasteiger partial charge in [-0.2, -0.15) is 10.4 Å². The number of nitrogens with zero attached hydrogens (tertiary/aromatic N) is 5. The number of nitrogens with one attached hydrogen (secondary N) is 1. The third kappa shape index (κ3) is 4.04. The molecule has 5 N–H and O–H groups in total. The molecule has 28 heavy (non-hydrogen) atoms. The predicted molar refractivity (Wildman–Crippen MR) is 100 cm³/mol. The fourth-order valence-electron chi connectivity index (χ4n) is 2.58. The van der Waals surface area contributed by atoms with E-state index in [0.717, 1.165) is 0 Å². The molecule has 2 aromatic heterocycles. The summed E-state index contributed by atoms with van der Waals surface area (Å²) in [5.41, 5.74) is 12.7. The van der Waals surface area contributed by atoms with Crippen LogP contribution in [0.4, 0.5) is 16.0 Å². The number of primary amides is 1. The number of hydrogen-bond donors (Lipinski definition) is 3. The van der Waals surface area contributed by atoms with Crippen LogP contribution in [-0.2, 0) is 6.42 Å². The van der Waals surface area contributed by atoms with Crippen LogP contribution in [0, 0.1) is 17.1 Å². The molecular formula is C18H17FN8O. The molecule has 142 valence electrons. The second-order valence-corrected chi connectivity index (χ2v) is 5.91. The third-order valence-corrected chi connectivity index (χ3v) is 3.99. The number of nitrogens with two attached hydrogens (primary N) is 2. The topological polar surface area (TPSA) is 149 Å². The van der Waals surface area contributed by atoms with Crippen LogP contribution in [0.15, 0.2) is 36.4 Å². The van der Waals surface area contributed by atoms with E-state index >= 15 is 0 Å². The van der Waals surface area contributed by atoms with Crippen molar-refractivity contribution in [3.63, 3.8) is 0 Å². The second kappa shape index (κ2) is 8.13. The van der Waals surface area contributed by atoms with Crippen molar-refractivity contribution in [1.82, 2.24) is 20.0 Å². The van der Waals surface area contributed by atoms with E-state index in [2.05, 4.69) is 26.7 Å². The van der Waals surface area contributed by atoms with Gasteiger partial charge in [0.2, 0.25) is 0 Å². The normalized spacial score (nSPS) is 10.4. The highest BCUT2D eigenvalue weighted by molar-refractivity contribution is 5.90. The fraction of sp³-hybridized carbons (Fsp3) is 0.167. The van der Waals surface area contributed by atoms with Crippen LogP contribution in [0.25, 0.3) is 5.69 Å². The molecule has 3 aromatic rings. The Hall–Kier alpha value is -4.00. The van der Waals surface area contributed by atoms with Crippen molar-refractivity contribution in [2.45, 2.75) is 12.8 Å². The summed E-state index contributed by atoms with van der Waals surface area (Å²) in [5, 5.41) is 24.4. The van der Waals surface area contributed by atoms with Gasteiger partial charge in [0.15, 0.2) is 5.69 Å².